The second-order valence-corrected chi connectivity index (χ2v) is 8.62. The fourth-order valence-corrected chi connectivity index (χ4v) is 4.51. The summed E-state index contributed by atoms with van der Waals surface area (Å²) in [6.07, 6.45) is 4.18. The molecule has 4 rings (SSSR count). The minimum absolute atomic E-state index is 0.0538. The topological polar surface area (TPSA) is 60.6 Å². The number of carbonyl (C=O) groups excluding carboxylic acids is 1. The molecule has 0 saturated carbocycles. The summed E-state index contributed by atoms with van der Waals surface area (Å²) in [5.41, 5.74) is 2.54. The molecule has 0 aliphatic carbocycles. The Morgan fingerprint density at radius 1 is 1.18 bits per heavy atom. The number of rotatable bonds is 4. The molecule has 152 valence electrons. The van der Waals surface area contributed by atoms with Gasteiger partial charge in [0.2, 0.25) is 0 Å². The quantitative estimate of drug-likeness (QED) is 0.851. The first-order valence-corrected chi connectivity index (χ1v) is 10.5. The van der Waals surface area contributed by atoms with Crippen LogP contribution < -0.4 is 5.32 Å². The van der Waals surface area contributed by atoms with Gasteiger partial charge in [0.1, 0.15) is 0 Å². The zero-order chi connectivity index (χ0) is 19.6. The molecule has 6 heteroatoms. The van der Waals surface area contributed by atoms with Crippen molar-refractivity contribution < 1.29 is 9.53 Å². The van der Waals surface area contributed by atoms with Crippen LogP contribution in [0.3, 0.4) is 0 Å². The number of fused-ring (bicyclic) bond motifs is 1. The van der Waals surface area contributed by atoms with Crippen molar-refractivity contribution in [3.05, 3.63) is 36.0 Å². The van der Waals surface area contributed by atoms with Crippen molar-refractivity contribution in [3.63, 3.8) is 0 Å². The van der Waals surface area contributed by atoms with Crippen LogP contribution in [0.2, 0.25) is 0 Å². The van der Waals surface area contributed by atoms with Crippen LogP contribution in [-0.2, 0) is 4.74 Å². The number of nitrogens with one attached hydrogen (secondary N) is 2. The number of morpholine rings is 1. The highest BCUT2D eigenvalue weighted by atomic mass is 16.5. The fourth-order valence-electron chi connectivity index (χ4n) is 4.51. The summed E-state index contributed by atoms with van der Waals surface area (Å²) in [5, 5.41) is 4.48. The molecule has 6 nitrogen and oxygen atoms in total. The number of nitrogens with zero attached hydrogens (tertiary/aromatic N) is 2. The summed E-state index contributed by atoms with van der Waals surface area (Å²) >= 11 is 0. The highest BCUT2D eigenvalue weighted by Gasteiger charge is 2.30. The molecule has 1 aromatic carbocycles. The summed E-state index contributed by atoms with van der Waals surface area (Å²) in [5.74, 6) is 0.519. The Morgan fingerprint density at radius 3 is 2.64 bits per heavy atom. The standard InChI is InChI=1S/C22H32N4O2/c1-22(2,26-11-13-28-14-12-26)16-24-21(27)25-9-7-17(8-10-25)19-15-23-20-6-4-3-5-18(19)20/h3-6,15,17,23H,7-14,16H2,1-2H3,(H,24,27). The number of hydrogen-bond donors (Lipinski definition) is 2. The van der Waals surface area contributed by atoms with E-state index in [1.54, 1.807) is 0 Å². The molecule has 0 atom stereocenters. The van der Waals surface area contributed by atoms with E-state index in [-0.39, 0.29) is 11.6 Å². The summed E-state index contributed by atoms with van der Waals surface area (Å²) in [4.78, 5) is 20.5. The van der Waals surface area contributed by atoms with Gasteiger partial charge in [0.15, 0.2) is 0 Å². The van der Waals surface area contributed by atoms with E-state index >= 15 is 0 Å². The van der Waals surface area contributed by atoms with Gasteiger partial charge in [-0.05, 0) is 44.2 Å². The molecule has 0 radical (unpaired) electrons. The molecule has 3 heterocycles. The number of amides is 2. The van der Waals surface area contributed by atoms with Crippen molar-refractivity contribution in [1.29, 1.82) is 0 Å². The summed E-state index contributed by atoms with van der Waals surface area (Å²) in [6, 6.07) is 8.54. The van der Waals surface area contributed by atoms with Crippen LogP contribution in [0.4, 0.5) is 4.79 Å². The maximum Gasteiger partial charge on any atom is 0.317 e. The molecule has 2 aliphatic rings. The van der Waals surface area contributed by atoms with Crippen LogP contribution in [0.15, 0.2) is 30.5 Å². The van der Waals surface area contributed by atoms with Crippen LogP contribution in [0.1, 0.15) is 38.2 Å². The van der Waals surface area contributed by atoms with Gasteiger partial charge in [0, 0.05) is 55.4 Å². The Labute approximate surface area is 167 Å². The number of urea groups is 1. The first-order valence-electron chi connectivity index (χ1n) is 10.5. The molecule has 2 aromatic rings. The van der Waals surface area contributed by atoms with Gasteiger partial charge in [-0.1, -0.05) is 18.2 Å². The van der Waals surface area contributed by atoms with E-state index in [1.165, 1.54) is 16.5 Å². The molecule has 0 unspecified atom stereocenters. The van der Waals surface area contributed by atoms with Crippen molar-refractivity contribution in [2.45, 2.75) is 38.1 Å². The predicted molar refractivity (Wildman–Crippen MR) is 112 cm³/mol. The molecule has 2 amide bonds. The average molecular weight is 385 g/mol. The van der Waals surface area contributed by atoms with Crippen molar-refractivity contribution >= 4 is 16.9 Å². The van der Waals surface area contributed by atoms with Gasteiger partial charge in [-0.2, -0.15) is 0 Å². The number of para-hydroxylation sites is 1. The number of piperidine rings is 1. The molecule has 2 N–H and O–H groups in total. The third-order valence-electron chi connectivity index (χ3n) is 6.38. The number of hydrogen-bond acceptors (Lipinski definition) is 3. The second-order valence-electron chi connectivity index (χ2n) is 8.62. The first kappa shape index (κ1) is 19.3. The third kappa shape index (κ3) is 4.03. The normalized spacial score (nSPS) is 19.9. The van der Waals surface area contributed by atoms with E-state index in [1.807, 2.05) is 4.90 Å². The van der Waals surface area contributed by atoms with Crippen molar-refractivity contribution in [1.82, 2.24) is 20.1 Å². The van der Waals surface area contributed by atoms with Gasteiger partial charge < -0.3 is 19.9 Å². The highest BCUT2D eigenvalue weighted by molar-refractivity contribution is 5.83. The maximum absolute atomic E-state index is 12.7. The minimum atomic E-state index is -0.0538. The van der Waals surface area contributed by atoms with Gasteiger partial charge in [0.25, 0.3) is 0 Å². The molecule has 0 bridgehead atoms. The van der Waals surface area contributed by atoms with Gasteiger partial charge in [-0.15, -0.1) is 0 Å². The third-order valence-corrected chi connectivity index (χ3v) is 6.38. The number of likely N-dealkylation sites (tertiary alicyclic amines) is 1. The Hall–Kier alpha value is -2.05. The number of ether oxygens (including phenoxy) is 1. The van der Waals surface area contributed by atoms with E-state index in [4.69, 9.17) is 4.74 Å². The average Bonchev–Trinajstić information content (AvgIpc) is 3.17. The molecule has 2 fully saturated rings. The van der Waals surface area contributed by atoms with Gasteiger partial charge in [-0.25, -0.2) is 4.79 Å². The van der Waals surface area contributed by atoms with E-state index < -0.39 is 0 Å². The summed E-state index contributed by atoms with van der Waals surface area (Å²) in [7, 11) is 0. The van der Waals surface area contributed by atoms with Crippen LogP contribution in [0.5, 0.6) is 0 Å². The maximum atomic E-state index is 12.7. The Kier molecular flexibility index (Phi) is 5.60. The van der Waals surface area contributed by atoms with E-state index in [9.17, 15) is 4.79 Å². The molecule has 1 aromatic heterocycles. The van der Waals surface area contributed by atoms with Crippen LogP contribution in [-0.4, -0.2) is 72.3 Å². The minimum Gasteiger partial charge on any atom is -0.379 e. The molecule has 2 aliphatic heterocycles. The lowest BCUT2D eigenvalue weighted by molar-refractivity contribution is -0.00909. The molecular formula is C22H32N4O2. The number of aromatic amines is 1. The summed E-state index contributed by atoms with van der Waals surface area (Å²) in [6.45, 7) is 10.1. The number of carbonyl (C=O) groups is 1. The predicted octanol–water partition coefficient (Wildman–Crippen LogP) is 3.17. The lowest BCUT2D eigenvalue weighted by atomic mass is 9.89. The monoisotopic (exact) mass is 384 g/mol. The smallest absolute Gasteiger partial charge is 0.317 e. The van der Waals surface area contributed by atoms with Gasteiger partial charge in [-0.3, -0.25) is 4.90 Å². The largest absolute Gasteiger partial charge is 0.379 e. The number of aromatic nitrogens is 1. The lowest BCUT2D eigenvalue weighted by Gasteiger charge is -2.41. The highest BCUT2D eigenvalue weighted by Crippen LogP contribution is 2.33. The first-order chi connectivity index (χ1) is 13.5. The fraction of sp³-hybridized carbons (Fsp3) is 0.591. The zero-order valence-corrected chi connectivity index (χ0v) is 17.0. The summed E-state index contributed by atoms with van der Waals surface area (Å²) < 4.78 is 5.44. The van der Waals surface area contributed by atoms with Gasteiger partial charge in [0.05, 0.1) is 13.2 Å². The van der Waals surface area contributed by atoms with Crippen molar-refractivity contribution in [2.24, 2.45) is 0 Å². The van der Waals surface area contributed by atoms with Crippen LogP contribution >= 0.6 is 0 Å². The Balaban J connectivity index is 1.29. The van der Waals surface area contributed by atoms with E-state index in [2.05, 4.69) is 59.5 Å². The Morgan fingerprint density at radius 2 is 1.89 bits per heavy atom. The second kappa shape index (κ2) is 8.13. The lowest BCUT2D eigenvalue weighted by Crippen LogP contribution is -2.57. The molecular weight excluding hydrogens is 352 g/mol. The van der Waals surface area contributed by atoms with Crippen LogP contribution in [0.25, 0.3) is 10.9 Å². The molecule has 2 saturated heterocycles. The SMILES string of the molecule is CC(C)(CNC(=O)N1CCC(c2c[nH]c3ccccc23)CC1)N1CCOCC1. The van der Waals surface area contributed by atoms with Crippen LogP contribution in [0, 0.1) is 0 Å². The Bertz CT molecular complexity index is 802. The van der Waals surface area contributed by atoms with Crippen molar-refractivity contribution in [3.8, 4) is 0 Å². The van der Waals surface area contributed by atoms with E-state index in [0.29, 0.717) is 12.5 Å². The van der Waals surface area contributed by atoms with Crippen molar-refractivity contribution in [2.75, 3.05) is 45.9 Å². The molecule has 28 heavy (non-hydrogen) atoms. The number of H-pyrrole nitrogens is 1. The van der Waals surface area contributed by atoms with Gasteiger partial charge >= 0.3 is 6.03 Å². The zero-order valence-electron chi connectivity index (χ0n) is 17.0. The number of benzene rings is 1. The van der Waals surface area contributed by atoms with E-state index in [0.717, 1.165) is 52.2 Å². The molecule has 0 spiro atoms.